The summed E-state index contributed by atoms with van der Waals surface area (Å²) < 4.78 is 52.5. The number of pyridine rings is 1. The molecular formula is C27H30F3N5O5. The van der Waals surface area contributed by atoms with Gasteiger partial charge in [-0.1, -0.05) is 12.1 Å². The third-order valence-electron chi connectivity index (χ3n) is 6.82. The predicted octanol–water partition coefficient (Wildman–Crippen LogP) is 4.37. The Hall–Kier alpha value is -3.89. The molecule has 214 valence electrons. The standard InChI is InChI=1S/C27H30F3N5O5/c1-24(2,3)40-23(37)19-9-11-26(12-13-31,15-39-19)35-18-10-14-32-22(36)20(18)21(34-35)33-17-7-5-16(6-8-17)25(4,38)27(28,29)30/h5-8,10,14,19,38H,9,11-12,15H2,1-4H3,(H,32,36)(H,33,34)/t19-,25+,26-/m0/s1. The number of nitriles is 1. The van der Waals surface area contributed by atoms with Crippen molar-refractivity contribution in [3.05, 3.63) is 52.4 Å². The van der Waals surface area contributed by atoms with Crippen molar-refractivity contribution in [3.8, 4) is 6.07 Å². The van der Waals surface area contributed by atoms with Crippen molar-refractivity contribution in [1.29, 1.82) is 5.26 Å². The number of hydrogen-bond donors (Lipinski definition) is 3. The van der Waals surface area contributed by atoms with Gasteiger partial charge in [0, 0.05) is 11.9 Å². The van der Waals surface area contributed by atoms with E-state index in [9.17, 15) is 33.1 Å². The molecule has 0 radical (unpaired) electrons. The number of nitrogens with zero attached hydrogens (tertiary/aromatic N) is 3. The number of aromatic nitrogens is 3. The zero-order valence-corrected chi connectivity index (χ0v) is 22.4. The van der Waals surface area contributed by atoms with Crippen LogP contribution in [0.2, 0.25) is 0 Å². The molecule has 1 saturated heterocycles. The summed E-state index contributed by atoms with van der Waals surface area (Å²) in [5, 5.41) is 27.3. The molecule has 0 amide bonds. The molecule has 1 aromatic carbocycles. The first kappa shape index (κ1) is 29.1. The van der Waals surface area contributed by atoms with Crippen LogP contribution in [0.15, 0.2) is 41.3 Å². The Morgan fingerprint density at radius 1 is 1.27 bits per heavy atom. The maximum absolute atomic E-state index is 13.2. The van der Waals surface area contributed by atoms with Crippen molar-refractivity contribution in [2.24, 2.45) is 0 Å². The molecule has 0 unspecified atom stereocenters. The van der Waals surface area contributed by atoms with Crippen LogP contribution in [0, 0.1) is 11.3 Å². The highest BCUT2D eigenvalue weighted by Crippen LogP contribution is 2.40. The maximum atomic E-state index is 13.2. The van der Waals surface area contributed by atoms with Gasteiger partial charge in [0.15, 0.2) is 17.5 Å². The Bertz CT molecular complexity index is 1490. The largest absolute Gasteiger partial charge is 0.458 e. The lowest BCUT2D eigenvalue weighted by atomic mass is 9.87. The van der Waals surface area contributed by atoms with E-state index in [1.807, 2.05) is 0 Å². The quantitative estimate of drug-likeness (QED) is 0.377. The fraction of sp³-hybridized carbons (Fsp3) is 0.481. The molecule has 3 heterocycles. The van der Waals surface area contributed by atoms with E-state index in [0.717, 1.165) is 12.1 Å². The fourth-order valence-electron chi connectivity index (χ4n) is 4.60. The molecule has 4 rings (SSSR count). The summed E-state index contributed by atoms with van der Waals surface area (Å²) in [6.45, 7) is 5.87. The number of H-pyrrole nitrogens is 1. The molecule has 3 N–H and O–H groups in total. The van der Waals surface area contributed by atoms with Crippen molar-refractivity contribution < 1.29 is 32.5 Å². The zero-order chi connectivity index (χ0) is 29.5. The second-order valence-electron chi connectivity index (χ2n) is 11.0. The molecule has 0 aliphatic carbocycles. The van der Waals surface area contributed by atoms with Gasteiger partial charge < -0.3 is 24.9 Å². The first-order valence-corrected chi connectivity index (χ1v) is 12.6. The summed E-state index contributed by atoms with van der Waals surface area (Å²) in [4.78, 5) is 28.0. The molecule has 1 aliphatic rings. The van der Waals surface area contributed by atoms with Gasteiger partial charge in [-0.25, -0.2) is 4.79 Å². The van der Waals surface area contributed by atoms with Gasteiger partial charge in [0.05, 0.1) is 30.2 Å². The number of hydrogen-bond acceptors (Lipinski definition) is 8. The van der Waals surface area contributed by atoms with E-state index in [1.54, 1.807) is 26.8 Å². The number of esters is 1. The Morgan fingerprint density at radius 2 is 1.95 bits per heavy atom. The van der Waals surface area contributed by atoms with E-state index >= 15 is 0 Å². The summed E-state index contributed by atoms with van der Waals surface area (Å²) in [6, 6.07) is 8.69. The number of alkyl halides is 3. The van der Waals surface area contributed by atoms with Crippen LogP contribution < -0.4 is 10.9 Å². The molecule has 1 aliphatic heterocycles. The minimum Gasteiger partial charge on any atom is -0.458 e. The van der Waals surface area contributed by atoms with Crippen LogP contribution in [0.25, 0.3) is 10.9 Å². The SMILES string of the molecule is CC(C)(C)OC(=O)[C@@H]1CC[C@@](CC#N)(n2nc(Nc3ccc([C@@](C)(O)C(F)(F)F)cc3)c3c(=O)[nH]ccc32)CO1. The third kappa shape index (κ3) is 5.55. The van der Waals surface area contributed by atoms with E-state index < -0.39 is 40.5 Å². The van der Waals surface area contributed by atoms with Gasteiger partial charge in [-0.3, -0.25) is 9.48 Å². The second kappa shape index (κ2) is 10.3. The normalized spacial score (nSPS) is 21.4. The number of carbonyl (C=O) groups is 1. The number of ether oxygens (including phenoxy) is 2. The number of benzene rings is 1. The van der Waals surface area contributed by atoms with Crippen LogP contribution in [0.3, 0.4) is 0 Å². The van der Waals surface area contributed by atoms with Gasteiger partial charge in [0.1, 0.15) is 11.0 Å². The summed E-state index contributed by atoms with van der Waals surface area (Å²) in [5.74, 6) is -0.395. The number of aromatic amines is 1. The molecule has 40 heavy (non-hydrogen) atoms. The number of nitrogens with one attached hydrogen (secondary N) is 2. The van der Waals surface area contributed by atoms with E-state index in [4.69, 9.17) is 9.47 Å². The Morgan fingerprint density at radius 3 is 2.50 bits per heavy atom. The average molecular weight is 562 g/mol. The highest BCUT2D eigenvalue weighted by Gasteiger charge is 2.51. The molecule has 1 fully saturated rings. The average Bonchev–Trinajstić information content (AvgIpc) is 3.23. The first-order valence-electron chi connectivity index (χ1n) is 12.6. The number of carbonyl (C=O) groups excluding carboxylic acids is 1. The van der Waals surface area contributed by atoms with Crippen LogP contribution in [-0.2, 0) is 25.4 Å². The molecule has 2 aromatic heterocycles. The number of halogens is 3. The monoisotopic (exact) mass is 561 g/mol. The minimum atomic E-state index is -4.87. The third-order valence-corrected chi connectivity index (χ3v) is 6.82. The van der Waals surface area contributed by atoms with Crippen molar-refractivity contribution in [1.82, 2.24) is 14.8 Å². The lowest BCUT2D eigenvalue weighted by Crippen LogP contribution is -2.47. The summed E-state index contributed by atoms with van der Waals surface area (Å²) in [6.07, 6.45) is -3.70. The van der Waals surface area contributed by atoms with Gasteiger partial charge in [-0.2, -0.15) is 23.5 Å². The highest BCUT2D eigenvalue weighted by atomic mass is 19.4. The predicted molar refractivity (Wildman–Crippen MR) is 139 cm³/mol. The fourth-order valence-corrected chi connectivity index (χ4v) is 4.60. The summed E-state index contributed by atoms with van der Waals surface area (Å²) >= 11 is 0. The van der Waals surface area contributed by atoms with Crippen molar-refractivity contribution >= 4 is 28.4 Å². The van der Waals surface area contributed by atoms with E-state index in [2.05, 4.69) is 21.5 Å². The highest BCUT2D eigenvalue weighted by molar-refractivity contribution is 5.91. The Labute approximate surface area is 227 Å². The summed E-state index contributed by atoms with van der Waals surface area (Å²) in [5.41, 5.74) is -4.85. The Balaban J connectivity index is 1.68. The van der Waals surface area contributed by atoms with Crippen LogP contribution in [0.1, 0.15) is 52.5 Å². The maximum Gasteiger partial charge on any atom is 0.421 e. The van der Waals surface area contributed by atoms with Gasteiger partial charge in [0.2, 0.25) is 0 Å². The van der Waals surface area contributed by atoms with Crippen LogP contribution in [-0.4, -0.2) is 50.3 Å². The number of fused-ring (bicyclic) bond motifs is 1. The first-order chi connectivity index (χ1) is 18.6. The lowest BCUT2D eigenvalue weighted by molar-refractivity contribution is -0.258. The second-order valence-corrected chi connectivity index (χ2v) is 11.0. The van der Waals surface area contributed by atoms with Gasteiger partial charge in [0.25, 0.3) is 5.56 Å². The van der Waals surface area contributed by atoms with Crippen molar-refractivity contribution in [2.75, 3.05) is 11.9 Å². The lowest BCUT2D eigenvalue weighted by Gasteiger charge is -2.39. The molecule has 13 heteroatoms. The van der Waals surface area contributed by atoms with Gasteiger partial charge in [-0.05, 0) is 64.3 Å². The van der Waals surface area contributed by atoms with E-state index in [1.165, 1.54) is 23.0 Å². The molecule has 3 aromatic rings. The van der Waals surface area contributed by atoms with Gasteiger partial charge >= 0.3 is 12.1 Å². The molecule has 0 bridgehead atoms. The van der Waals surface area contributed by atoms with E-state index in [-0.39, 0.29) is 36.2 Å². The topological polar surface area (TPSA) is 142 Å². The van der Waals surface area contributed by atoms with Crippen LogP contribution >= 0.6 is 0 Å². The van der Waals surface area contributed by atoms with Gasteiger partial charge in [-0.15, -0.1) is 0 Å². The number of anilines is 2. The molecular weight excluding hydrogens is 531 g/mol. The minimum absolute atomic E-state index is 0.0295. The number of rotatable bonds is 6. The number of aliphatic hydroxyl groups is 1. The van der Waals surface area contributed by atoms with Crippen LogP contribution in [0.5, 0.6) is 0 Å². The Kier molecular flexibility index (Phi) is 7.46. The van der Waals surface area contributed by atoms with Crippen molar-refractivity contribution in [3.63, 3.8) is 0 Å². The smallest absolute Gasteiger partial charge is 0.421 e. The molecule has 10 nitrogen and oxygen atoms in total. The summed E-state index contributed by atoms with van der Waals surface area (Å²) in [7, 11) is 0. The van der Waals surface area contributed by atoms with Crippen LogP contribution in [0.4, 0.5) is 24.7 Å². The molecule has 0 spiro atoms. The molecule has 3 atom stereocenters. The zero-order valence-electron chi connectivity index (χ0n) is 22.4. The van der Waals surface area contributed by atoms with E-state index in [0.29, 0.717) is 24.5 Å². The molecule has 0 saturated carbocycles. The van der Waals surface area contributed by atoms with Crippen molar-refractivity contribution in [2.45, 2.75) is 76.0 Å².